The molecule has 27 heavy (non-hydrogen) atoms. The largest absolute Gasteiger partial charge is 0.455 e. The maximum atomic E-state index is 6.39. The molecule has 0 spiro atoms. The van der Waals surface area contributed by atoms with Crippen molar-refractivity contribution in [2.24, 2.45) is 7.05 Å². The zero-order valence-electron chi connectivity index (χ0n) is 16.1. The second-order valence-electron chi connectivity index (χ2n) is 7.53. The Morgan fingerprint density at radius 2 is 1.63 bits per heavy atom. The fourth-order valence-corrected chi connectivity index (χ4v) is 4.18. The number of nitrogens with zero attached hydrogens (tertiary/aromatic N) is 1. The Morgan fingerprint density at radius 1 is 0.815 bits per heavy atom. The van der Waals surface area contributed by atoms with Gasteiger partial charge >= 0.3 is 0 Å². The van der Waals surface area contributed by atoms with Crippen LogP contribution in [0.5, 0.6) is 0 Å². The first-order valence-electron chi connectivity index (χ1n) is 9.35. The third-order valence-corrected chi connectivity index (χ3v) is 5.72. The van der Waals surface area contributed by atoms with E-state index in [1.165, 1.54) is 49.5 Å². The van der Waals surface area contributed by atoms with Crippen molar-refractivity contribution in [1.82, 2.24) is 0 Å². The predicted octanol–water partition coefficient (Wildman–Crippen LogP) is 6.16. The molecule has 5 aromatic rings. The van der Waals surface area contributed by atoms with Gasteiger partial charge in [0.1, 0.15) is 18.2 Å². The highest BCUT2D eigenvalue weighted by atomic mass is 16.3. The molecule has 0 unspecified atom stereocenters. The zero-order valence-corrected chi connectivity index (χ0v) is 16.1. The lowest BCUT2D eigenvalue weighted by atomic mass is 9.93. The van der Waals surface area contributed by atoms with Crippen LogP contribution in [-0.2, 0) is 7.05 Å². The van der Waals surface area contributed by atoms with E-state index in [1.807, 2.05) is 6.07 Å². The normalized spacial score (nSPS) is 11.7. The molecule has 2 heterocycles. The Kier molecular flexibility index (Phi) is 3.38. The summed E-state index contributed by atoms with van der Waals surface area (Å²) in [5.74, 6) is 0. The van der Waals surface area contributed by atoms with E-state index in [1.54, 1.807) is 0 Å². The maximum absolute atomic E-state index is 6.39. The zero-order chi connectivity index (χ0) is 18.7. The van der Waals surface area contributed by atoms with Crippen LogP contribution >= 0.6 is 0 Å². The average Bonchev–Trinajstić information content (AvgIpc) is 3.02. The first-order chi connectivity index (χ1) is 13.0. The van der Waals surface area contributed by atoms with Crippen LogP contribution < -0.4 is 4.57 Å². The number of para-hydroxylation sites is 1. The van der Waals surface area contributed by atoms with E-state index in [2.05, 4.69) is 87.1 Å². The van der Waals surface area contributed by atoms with Crippen LogP contribution in [0.15, 0.2) is 65.2 Å². The number of pyridine rings is 1. The first-order valence-corrected chi connectivity index (χ1v) is 9.35. The van der Waals surface area contributed by atoms with Crippen LogP contribution in [0.3, 0.4) is 0 Å². The summed E-state index contributed by atoms with van der Waals surface area (Å²) in [4.78, 5) is 0. The second-order valence-corrected chi connectivity index (χ2v) is 7.53. The SMILES string of the molecule is Cc1ccc2c(-c3c(C)c(C)cc4c3oc3ccccc34)[n+](C)ccc2c1. The minimum atomic E-state index is 0.942. The van der Waals surface area contributed by atoms with E-state index >= 15 is 0 Å². The summed E-state index contributed by atoms with van der Waals surface area (Å²) in [7, 11) is 2.12. The van der Waals surface area contributed by atoms with E-state index in [9.17, 15) is 0 Å². The molecule has 0 atom stereocenters. The van der Waals surface area contributed by atoms with Gasteiger partial charge in [-0.25, -0.2) is 4.57 Å². The first kappa shape index (κ1) is 16.1. The second kappa shape index (κ2) is 5.68. The number of rotatable bonds is 1. The Bertz CT molecular complexity index is 1360. The molecular formula is C25H22NO+. The van der Waals surface area contributed by atoms with E-state index < -0.39 is 0 Å². The molecule has 0 fully saturated rings. The molecule has 0 aliphatic rings. The van der Waals surface area contributed by atoms with E-state index in [-0.39, 0.29) is 0 Å². The molecule has 0 aliphatic carbocycles. The fraction of sp³-hybridized carbons (Fsp3) is 0.160. The van der Waals surface area contributed by atoms with Gasteiger partial charge < -0.3 is 4.42 Å². The summed E-state index contributed by atoms with van der Waals surface area (Å²) in [5.41, 5.74) is 8.15. The van der Waals surface area contributed by atoms with Crippen molar-refractivity contribution >= 4 is 32.7 Å². The lowest BCUT2D eigenvalue weighted by Crippen LogP contribution is -2.30. The molecule has 2 heteroatoms. The van der Waals surface area contributed by atoms with Gasteiger partial charge in [-0.05, 0) is 55.5 Å². The monoisotopic (exact) mass is 352 g/mol. The number of furan rings is 1. The number of fused-ring (bicyclic) bond motifs is 4. The van der Waals surface area contributed by atoms with E-state index in [4.69, 9.17) is 4.42 Å². The summed E-state index contributed by atoms with van der Waals surface area (Å²) in [5, 5.41) is 4.87. The van der Waals surface area contributed by atoms with Crippen molar-refractivity contribution in [3.63, 3.8) is 0 Å². The van der Waals surface area contributed by atoms with Crippen LogP contribution in [0.1, 0.15) is 16.7 Å². The van der Waals surface area contributed by atoms with Gasteiger partial charge in [0.15, 0.2) is 6.20 Å². The van der Waals surface area contributed by atoms with Crippen molar-refractivity contribution in [1.29, 1.82) is 0 Å². The van der Waals surface area contributed by atoms with Gasteiger partial charge in [-0.3, -0.25) is 0 Å². The molecule has 0 N–H and O–H groups in total. The van der Waals surface area contributed by atoms with Gasteiger partial charge in [-0.2, -0.15) is 0 Å². The molecule has 3 aromatic carbocycles. The highest BCUT2D eigenvalue weighted by Crippen LogP contribution is 2.40. The van der Waals surface area contributed by atoms with Gasteiger partial charge in [0.2, 0.25) is 5.69 Å². The van der Waals surface area contributed by atoms with Crippen LogP contribution in [0.25, 0.3) is 44.0 Å². The quantitative estimate of drug-likeness (QED) is 0.330. The summed E-state index contributed by atoms with van der Waals surface area (Å²) in [6.45, 7) is 6.53. The molecule has 0 radical (unpaired) electrons. The van der Waals surface area contributed by atoms with Gasteiger partial charge in [0.25, 0.3) is 0 Å². The van der Waals surface area contributed by atoms with Crippen molar-refractivity contribution in [2.75, 3.05) is 0 Å². The van der Waals surface area contributed by atoms with Gasteiger partial charge in [-0.1, -0.05) is 35.9 Å². The number of aromatic nitrogens is 1. The maximum Gasteiger partial charge on any atom is 0.224 e. The summed E-state index contributed by atoms with van der Waals surface area (Å²) in [6.07, 6.45) is 2.15. The van der Waals surface area contributed by atoms with Gasteiger partial charge in [0, 0.05) is 16.8 Å². The minimum Gasteiger partial charge on any atom is -0.455 e. The molecule has 5 rings (SSSR count). The van der Waals surface area contributed by atoms with Crippen molar-refractivity contribution in [3.05, 3.63) is 77.5 Å². The van der Waals surface area contributed by atoms with Crippen molar-refractivity contribution in [2.45, 2.75) is 20.8 Å². The van der Waals surface area contributed by atoms with Crippen LogP contribution in [-0.4, -0.2) is 0 Å². The highest BCUT2D eigenvalue weighted by molar-refractivity contribution is 6.12. The molecule has 0 saturated carbocycles. The third-order valence-electron chi connectivity index (χ3n) is 5.72. The Labute approximate surface area is 158 Å². The number of aryl methyl sites for hydroxylation is 3. The summed E-state index contributed by atoms with van der Waals surface area (Å²) in [6, 6.07) is 19.4. The van der Waals surface area contributed by atoms with Crippen LogP contribution in [0, 0.1) is 20.8 Å². The number of hydrogen-bond acceptors (Lipinski definition) is 1. The van der Waals surface area contributed by atoms with Gasteiger partial charge in [0.05, 0.1) is 10.9 Å². The minimum absolute atomic E-state index is 0.942. The van der Waals surface area contributed by atoms with Crippen molar-refractivity contribution < 1.29 is 8.98 Å². The Morgan fingerprint density at radius 3 is 2.48 bits per heavy atom. The fourth-order valence-electron chi connectivity index (χ4n) is 4.18. The standard InChI is InChI=1S/C25H22NO/c1-15-9-10-19-18(13-15)11-12-26(4)24(19)23-17(3)16(2)14-21-20-7-5-6-8-22(20)27-25(21)23/h5-14H,1-4H3/q+1. The van der Waals surface area contributed by atoms with Gasteiger partial charge in [-0.15, -0.1) is 0 Å². The van der Waals surface area contributed by atoms with Crippen LogP contribution in [0.2, 0.25) is 0 Å². The predicted molar refractivity (Wildman–Crippen MR) is 112 cm³/mol. The molecule has 0 amide bonds. The smallest absolute Gasteiger partial charge is 0.224 e. The lowest BCUT2D eigenvalue weighted by Gasteiger charge is -2.11. The van der Waals surface area contributed by atoms with E-state index in [0.29, 0.717) is 0 Å². The molecule has 2 aromatic heterocycles. The van der Waals surface area contributed by atoms with Crippen molar-refractivity contribution in [3.8, 4) is 11.3 Å². The molecule has 0 saturated heterocycles. The molecule has 2 nitrogen and oxygen atoms in total. The van der Waals surface area contributed by atoms with Crippen LogP contribution in [0.4, 0.5) is 0 Å². The molecule has 132 valence electrons. The third kappa shape index (κ3) is 2.30. The lowest BCUT2D eigenvalue weighted by molar-refractivity contribution is -0.659. The summed E-state index contributed by atoms with van der Waals surface area (Å²) >= 11 is 0. The average molecular weight is 352 g/mol. The summed E-state index contributed by atoms with van der Waals surface area (Å²) < 4.78 is 8.60. The topological polar surface area (TPSA) is 17.0 Å². The van der Waals surface area contributed by atoms with E-state index in [0.717, 1.165) is 11.2 Å². The molecule has 0 bridgehead atoms. The highest BCUT2D eigenvalue weighted by Gasteiger charge is 2.24. The number of benzene rings is 3. The molecular weight excluding hydrogens is 330 g/mol. The Hall–Kier alpha value is -3.13. The number of hydrogen-bond donors (Lipinski definition) is 0. The molecule has 0 aliphatic heterocycles. The Balaban J connectivity index is 2.01.